The van der Waals surface area contributed by atoms with E-state index in [1.54, 1.807) is 4.90 Å². The third-order valence-corrected chi connectivity index (χ3v) is 4.48. The summed E-state index contributed by atoms with van der Waals surface area (Å²) < 4.78 is 26.9. The second kappa shape index (κ2) is 8.08. The van der Waals surface area contributed by atoms with E-state index in [-0.39, 0.29) is 11.5 Å². The second-order valence-corrected chi connectivity index (χ2v) is 6.37. The molecule has 26 heavy (non-hydrogen) atoms. The highest BCUT2D eigenvalue weighted by Crippen LogP contribution is 2.14. The van der Waals surface area contributed by atoms with Gasteiger partial charge in [-0.15, -0.1) is 0 Å². The molecule has 6 heteroatoms. The van der Waals surface area contributed by atoms with E-state index in [0.717, 1.165) is 30.5 Å². The van der Waals surface area contributed by atoms with Crippen molar-refractivity contribution in [3.63, 3.8) is 0 Å². The van der Waals surface area contributed by atoms with E-state index in [0.29, 0.717) is 25.6 Å². The molecule has 1 fully saturated rings. The van der Waals surface area contributed by atoms with Crippen LogP contribution in [0, 0.1) is 11.6 Å². The summed E-state index contributed by atoms with van der Waals surface area (Å²) in [5.41, 5.74) is 0.614. The predicted octanol–water partition coefficient (Wildman–Crippen LogP) is 2.93. The molecule has 2 amide bonds. The van der Waals surface area contributed by atoms with Crippen LogP contribution in [0.2, 0.25) is 0 Å². The quantitative estimate of drug-likeness (QED) is 0.893. The van der Waals surface area contributed by atoms with Gasteiger partial charge in [-0.25, -0.2) is 8.78 Å². The van der Waals surface area contributed by atoms with E-state index in [1.807, 2.05) is 30.3 Å². The Kier molecular flexibility index (Phi) is 5.61. The first-order chi connectivity index (χ1) is 12.5. The van der Waals surface area contributed by atoms with E-state index >= 15 is 0 Å². The highest BCUT2D eigenvalue weighted by atomic mass is 19.1. The number of rotatable bonds is 5. The van der Waals surface area contributed by atoms with E-state index in [2.05, 4.69) is 5.32 Å². The Morgan fingerprint density at radius 2 is 1.73 bits per heavy atom. The van der Waals surface area contributed by atoms with Crippen LogP contribution in [-0.4, -0.2) is 35.8 Å². The maximum Gasteiger partial charge on any atom is 0.254 e. The number of hydrogen-bond donors (Lipinski definition) is 1. The summed E-state index contributed by atoms with van der Waals surface area (Å²) in [7, 11) is 0. The maximum absolute atomic E-state index is 13.9. The summed E-state index contributed by atoms with van der Waals surface area (Å²) in [6.07, 6.45) is 2.18. The van der Waals surface area contributed by atoms with Crippen LogP contribution in [0.25, 0.3) is 0 Å². The fourth-order valence-corrected chi connectivity index (χ4v) is 3.12. The summed E-state index contributed by atoms with van der Waals surface area (Å²) in [5, 5.41) is 2.63. The molecule has 0 aromatic heterocycles. The van der Waals surface area contributed by atoms with Crippen molar-refractivity contribution in [3.8, 4) is 0 Å². The molecule has 1 aliphatic rings. The van der Waals surface area contributed by atoms with Crippen molar-refractivity contribution in [1.82, 2.24) is 10.2 Å². The highest BCUT2D eigenvalue weighted by Gasteiger charge is 2.29. The summed E-state index contributed by atoms with van der Waals surface area (Å²) in [6.45, 7) is 1.32. The first-order valence-electron chi connectivity index (χ1n) is 8.63. The normalized spacial score (nSPS) is 14.9. The molecule has 3 rings (SSSR count). The number of nitrogens with zero attached hydrogens (tertiary/aromatic N) is 1. The molecule has 0 bridgehead atoms. The minimum absolute atomic E-state index is 0.178. The van der Waals surface area contributed by atoms with Gasteiger partial charge in [-0.1, -0.05) is 30.3 Å². The molecule has 0 unspecified atom stereocenters. The Bertz CT molecular complexity index is 790. The van der Waals surface area contributed by atoms with E-state index in [9.17, 15) is 18.4 Å². The number of amides is 2. The molecular formula is C20H20F2N2O2. The van der Waals surface area contributed by atoms with Crippen molar-refractivity contribution in [3.05, 3.63) is 71.3 Å². The molecule has 0 radical (unpaired) electrons. The van der Waals surface area contributed by atoms with E-state index in [1.165, 1.54) is 0 Å². The van der Waals surface area contributed by atoms with E-state index in [4.69, 9.17) is 0 Å². The average molecular weight is 358 g/mol. The molecule has 4 nitrogen and oxygen atoms in total. The Morgan fingerprint density at radius 1 is 1.04 bits per heavy atom. The van der Waals surface area contributed by atoms with Gasteiger partial charge in [0.25, 0.3) is 5.91 Å². The third-order valence-electron chi connectivity index (χ3n) is 4.48. The monoisotopic (exact) mass is 358 g/mol. The van der Waals surface area contributed by atoms with Gasteiger partial charge >= 0.3 is 0 Å². The standard InChI is InChI=1S/C20H20F2N2O2/c21-15-8-9-16(17(22)13-15)19(25)23-18(12-14-6-2-1-3-7-14)20(26)24-10-4-5-11-24/h1-3,6-9,13,18H,4-5,10-12H2,(H,23,25)/t18-/m1/s1. The molecule has 1 N–H and O–H groups in total. The smallest absolute Gasteiger partial charge is 0.254 e. The molecule has 1 aliphatic heterocycles. The fourth-order valence-electron chi connectivity index (χ4n) is 3.12. The molecule has 2 aromatic rings. The van der Waals surface area contributed by atoms with E-state index < -0.39 is 23.6 Å². The first kappa shape index (κ1) is 18.0. The van der Waals surface area contributed by atoms with Gasteiger partial charge < -0.3 is 10.2 Å². The Balaban J connectivity index is 1.80. The number of nitrogens with one attached hydrogen (secondary N) is 1. The van der Waals surface area contributed by atoms with Crippen molar-refractivity contribution in [2.45, 2.75) is 25.3 Å². The summed E-state index contributed by atoms with van der Waals surface area (Å²) >= 11 is 0. The number of carbonyl (C=O) groups excluding carboxylic acids is 2. The number of carbonyl (C=O) groups is 2. The molecule has 2 aromatic carbocycles. The number of benzene rings is 2. The van der Waals surface area contributed by atoms with Crippen molar-refractivity contribution in [2.75, 3.05) is 13.1 Å². The summed E-state index contributed by atoms with van der Waals surface area (Å²) in [5.74, 6) is -2.61. The number of halogens is 2. The van der Waals surface area contributed by atoms with Gasteiger partial charge in [0, 0.05) is 25.6 Å². The minimum Gasteiger partial charge on any atom is -0.341 e. The van der Waals surface area contributed by atoms with Gasteiger partial charge in [0.2, 0.25) is 5.91 Å². The lowest BCUT2D eigenvalue weighted by Gasteiger charge is -2.24. The fraction of sp³-hybridized carbons (Fsp3) is 0.300. The van der Waals surface area contributed by atoms with Crippen molar-refractivity contribution >= 4 is 11.8 Å². The molecular weight excluding hydrogens is 338 g/mol. The Morgan fingerprint density at radius 3 is 2.38 bits per heavy atom. The van der Waals surface area contributed by atoms with Crippen LogP contribution >= 0.6 is 0 Å². The zero-order chi connectivity index (χ0) is 18.5. The van der Waals surface area contributed by atoms with Crippen LogP contribution in [0.4, 0.5) is 8.78 Å². The predicted molar refractivity (Wildman–Crippen MR) is 93.6 cm³/mol. The summed E-state index contributed by atoms with van der Waals surface area (Å²) in [6, 6.07) is 11.3. The first-order valence-corrected chi connectivity index (χ1v) is 8.63. The van der Waals surface area contributed by atoms with Crippen LogP contribution in [0.1, 0.15) is 28.8 Å². The highest BCUT2D eigenvalue weighted by molar-refractivity contribution is 5.97. The molecule has 0 aliphatic carbocycles. The molecule has 1 heterocycles. The van der Waals surface area contributed by atoms with Crippen LogP contribution in [0.15, 0.2) is 48.5 Å². The minimum atomic E-state index is -0.949. The number of likely N-dealkylation sites (tertiary alicyclic amines) is 1. The van der Waals surface area contributed by atoms with Gasteiger partial charge in [0.05, 0.1) is 5.56 Å². The zero-order valence-corrected chi connectivity index (χ0v) is 14.3. The van der Waals surface area contributed by atoms with Gasteiger partial charge in [0.1, 0.15) is 17.7 Å². The van der Waals surface area contributed by atoms with Crippen molar-refractivity contribution < 1.29 is 18.4 Å². The van der Waals surface area contributed by atoms with Crippen molar-refractivity contribution in [2.24, 2.45) is 0 Å². The van der Waals surface area contributed by atoms with Crippen LogP contribution < -0.4 is 5.32 Å². The maximum atomic E-state index is 13.9. The SMILES string of the molecule is O=C(N[C@H](Cc1ccccc1)C(=O)N1CCCC1)c1ccc(F)cc1F. The molecule has 136 valence electrons. The van der Waals surface area contributed by atoms with Crippen LogP contribution in [-0.2, 0) is 11.2 Å². The van der Waals surface area contributed by atoms with Gasteiger partial charge in [-0.2, -0.15) is 0 Å². The molecule has 1 atom stereocenters. The molecule has 0 saturated carbocycles. The zero-order valence-electron chi connectivity index (χ0n) is 14.3. The molecule has 1 saturated heterocycles. The van der Waals surface area contributed by atoms with Gasteiger partial charge in [0.15, 0.2) is 0 Å². The Hall–Kier alpha value is -2.76. The summed E-state index contributed by atoms with van der Waals surface area (Å²) in [4.78, 5) is 27.0. The lowest BCUT2D eigenvalue weighted by atomic mass is 10.0. The van der Waals surface area contributed by atoms with Gasteiger partial charge in [-0.05, 0) is 30.5 Å². The van der Waals surface area contributed by atoms with Crippen molar-refractivity contribution in [1.29, 1.82) is 0 Å². The van der Waals surface area contributed by atoms with Crippen LogP contribution in [0.3, 0.4) is 0 Å². The largest absolute Gasteiger partial charge is 0.341 e. The lowest BCUT2D eigenvalue weighted by molar-refractivity contribution is -0.132. The molecule has 0 spiro atoms. The second-order valence-electron chi connectivity index (χ2n) is 6.37. The van der Waals surface area contributed by atoms with Gasteiger partial charge in [-0.3, -0.25) is 9.59 Å². The third kappa shape index (κ3) is 4.25. The lowest BCUT2D eigenvalue weighted by Crippen LogP contribution is -2.49. The Labute approximate surface area is 150 Å². The topological polar surface area (TPSA) is 49.4 Å². The average Bonchev–Trinajstić information content (AvgIpc) is 3.16. The van der Waals surface area contributed by atoms with Crippen LogP contribution in [0.5, 0.6) is 0 Å². The number of hydrogen-bond acceptors (Lipinski definition) is 2.